The van der Waals surface area contributed by atoms with Crippen molar-refractivity contribution < 1.29 is 4.74 Å². The van der Waals surface area contributed by atoms with E-state index >= 15 is 0 Å². The van der Waals surface area contributed by atoms with Gasteiger partial charge in [0.2, 0.25) is 0 Å². The Kier molecular flexibility index (Phi) is 12.5. The Labute approximate surface area is 420 Å². The Hall–Kier alpha value is -8.20. The molecular formula is C69H59NO. The molecule has 0 saturated heterocycles. The Morgan fingerprint density at radius 1 is 0.366 bits per heavy atom. The predicted molar refractivity (Wildman–Crippen MR) is 298 cm³/mol. The average molecular weight is 918 g/mol. The first-order valence-corrected chi connectivity index (χ1v) is 25.2. The van der Waals surface area contributed by atoms with Gasteiger partial charge in [0.25, 0.3) is 0 Å². The van der Waals surface area contributed by atoms with Crippen molar-refractivity contribution in [3.8, 4) is 56.0 Å². The number of anilines is 3. The lowest BCUT2D eigenvalue weighted by molar-refractivity contribution is 0.407. The molecule has 0 aliphatic heterocycles. The van der Waals surface area contributed by atoms with Crippen molar-refractivity contribution in [2.24, 2.45) is 11.8 Å². The van der Waals surface area contributed by atoms with E-state index in [0.29, 0.717) is 17.8 Å². The topological polar surface area (TPSA) is 12.5 Å². The molecule has 71 heavy (non-hydrogen) atoms. The molecule has 0 aromatic heterocycles. The van der Waals surface area contributed by atoms with Crippen LogP contribution in [0.25, 0.3) is 44.5 Å². The van der Waals surface area contributed by atoms with Crippen LogP contribution in [0.4, 0.5) is 17.1 Å². The minimum atomic E-state index is -0.555. The van der Waals surface area contributed by atoms with Crippen molar-refractivity contribution >= 4 is 17.1 Å². The number of hydrogen-bond acceptors (Lipinski definition) is 2. The summed E-state index contributed by atoms with van der Waals surface area (Å²) in [6.07, 6.45) is 1.18. The molecule has 0 radical (unpaired) electrons. The van der Waals surface area contributed by atoms with E-state index in [1.54, 1.807) is 0 Å². The fourth-order valence-corrected chi connectivity index (χ4v) is 11.0. The van der Waals surface area contributed by atoms with Gasteiger partial charge in [0, 0.05) is 17.1 Å². The molecule has 1 aliphatic carbocycles. The summed E-state index contributed by atoms with van der Waals surface area (Å²) >= 11 is 0. The maximum Gasteiger partial charge on any atom is 0.127 e. The molecule has 0 saturated carbocycles. The predicted octanol–water partition coefficient (Wildman–Crippen LogP) is 19.1. The van der Waals surface area contributed by atoms with Crippen molar-refractivity contribution in [2.75, 3.05) is 4.90 Å². The number of fused-ring (bicyclic) bond motifs is 3. The van der Waals surface area contributed by atoms with Gasteiger partial charge in [-0.1, -0.05) is 216 Å². The maximum atomic E-state index is 6.55. The molecule has 0 heterocycles. The van der Waals surface area contributed by atoms with Gasteiger partial charge in [-0.05, 0) is 163 Å². The van der Waals surface area contributed by atoms with Crippen LogP contribution in [-0.4, -0.2) is 0 Å². The van der Waals surface area contributed by atoms with Gasteiger partial charge in [0.1, 0.15) is 11.5 Å². The molecule has 0 amide bonds. The molecule has 2 nitrogen and oxygen atoms in total. The number of benzene rings is 10. The summed E-state index contributed by atoms with van der Waals surface area (Å²) in [4.78, 5) is 2.35. The highest BCUT2D eigenvalue weighted by Gasteiger charge is 2.46. The van der Waals surface area contributed by atoms with Crippen LogP contribution in [0.15, 0.2) is 255 Å². The molecule has 0 N–H and O–H groups in total. The van der Waals surface area contributed by atoms with Gasteiger partial charge in [-0.15, -0.1) is 0 Å². The molecule has 0 spiro atoms. The fraction of sp³-hybridized carbons (Fsp3) is 0.130. The molecule has 0 fully saturated rings. The molecule has 2 atom stereocenters. The van der Waals surface area contributed by atoms with Crippen LogP contribution >= 0.6 is 0 Å². The number of nitrogens with zero attached hydrogens (tertiary/aromatic N) is 1. The van der Waals surface area contributed by atoms with Gasteiger partial charge in [0.15, 0.2) is 0 Å². The van der Waals surface area contributed by atoms with Crippen LogP contribution in [-0.2, 0) is 5.41 Å². The van der Waals surface area contributed by atoms with Gasteiger partial charge in [-0.3, -0.25) is 0 Å². The molecule has 0 bridgehead atoms. The van der Waals surface area contributed by atoms with Gasteiger partial charge >= 0.3 is 0 Å². The SMILES string of the molecule is CC(C)CC(c1ccc(Oc2ccc(C3(c4ccccc4)c4ccccc4-c4ccc(-c5ccc(N(c6ccc(-c7ccccc7)cc6)c6ccc(-c7ccccc7)cc6)cc5)cc43)cc2)cc1)C(C)C. The van der Waals surface area contributed by atoms with Crippen molar-refractivity contribution in [1.82, 2.24) is 0 Å². The lowest BCUT2D eigenvalue weighted by atomic mass is 9.67. The lowest BCUT2D eigenvalue weighted by Gasteiger charge is -2.34. The van der Waals surface area contributed by atoms with Crippen molar-refractivity contribution in [3.63, 3.8) is 0 Å². The quantitative estimate of drug-likeness (QED) is 0.108. The van der Waals surface area contributed by atoms with E-state index in [1.807, 2.05) is 0 Å². The summed E-state index contributed by atoms with van der Waals surface area (Å²) in [7, 11) is 0. The van der Waals surface area contributed by atoms with E-state index in [4.69, 9.17) is 4.74 Å². The lowest BCUT2D eigenvalue weighted by Crippen LogP contribution is -2.28. The third-order valence-electron chi connectivity index (χ3n) is 14.5. The van der Waals surface area contributed by atoms with Crippen LogP contribution in [0, 0.1) is 11.8 Å². The zero-order chi connectivity index (χ0) is 48.3. The van der Waals surface area contributed by atoms with E-state index in [-0.39, 0.29) is 0 Å². The zero-order valence-electron chi connectivity index (χ0n) is 41.0. The summed E-state index contributed by atoms with van der Waals surface area (Å²) in [5.41, 5.74) is 18.7. The van der Waals surface area contributed by atoms with E-state index in [9.17, 15) is 0 Å². The normalized spacial score (nSPS) is 14.2. The molecule has 1 aliphatic rings. The zero-order valence-corrected chi connectivity index (χ0v) is 41.0. The molecule has 2 heteroatoms. The van der Waals surface area contributed by atoms with E-state index in [2.05, 4.69) is 287 Å². The summed E-state index contributed by atoms with van der Waals surface area (Å²) in [5.74, 6) is 3.43. The Morgan fingerprint density at radius 3 is 1.28 bits per heavy atom. The molecule has 11 rings (SSSR count). The van der Waals surface area contributed by atoms with Crippen LogP contribution in [0.3, 0.4) is 0 Å². The molecule has 10 aromatic rings. The first kappa shape index (κ1) is 45.3. The third kappa shape index (κ3) is 8.88. The first-order valence-electron chi connectivity index (χ1n) is 25.2. The third-order valence-corrected chi connectivity index (χ3v) is 14.5. The maximum absolute atomic E-state index is 6.55. The van der Waals surface area contributed by atoms with Gasteiger partial charge in [-0.25, -0.2) is 0 Å². The highest BCUT2D eigenvalue weighted by atomic mass is 16.5. The van der Waals surface area contributed by atoms with E-state index in [1.165, 1.54) is 73.2 Å². The van der Waals surface area contributed by atoms with Gasteiger partial charge in [0.05, 0.1) is 5.41 Å². The second-order valence-electron chi connectivity index (χ2n) is 19.8. The minimum absolute atomic E-state index is 0.531. The Morgan fingerprint density at radius 2 is 0.775 bits per heavy atom. The van der Waals surface area contributed by atoms with Crippen molar-refractivity contribution in [3.05, 3.63) is 283 Å². The Balaban J connectivity index is 0.950. The standard InChI is InChI=1S/C69H59NO/c1-48(2)46-66(49(3)4)55-30-41-62(42-31-55)71-63-43-33-58(34-44-63)69(57-20-12-7-13-21-57)67-23-15-14-22-64(67)65-45-32-56(47-68(65)69)54-28-39-61(40-29-54)70(59-35-24-52(25-36-59)50-16-8-5-9-17-50)60-37-26-53(27-38-60)51-18-10-6-11-19-51/h5-45,47-49,66H,46H2,1-4H3. The minimum Gasteiger partial charge on any atom is -0.457 e. The summed E-state index contributed by atoms with van der Waals surface area (Å²) in [6.45, 7) is 9.28. The second-order valence-corrected chi connectivity index (χ2v) is 19.8. The van der Waals surface area contributed by atoms with Crippen molar-refractivity contribution in [2.45, 2.75) is 45.4 Å². The first-order chi connectivity index (χ1) is 34.8. The monoisotopic (exact) mass is 917 g/mol. The largest absolute Gasteiger partial charge is 0.457 e. The smallest absolute Gasteiger partial charge is 0.127 e. The summed E-state index contributed by atoms with van der Waals surface area (Å²) < 4.78 is 6.55. The van der Waals surface area contributed by atoms with Gasteiger partial charge in [-0.2, -0.15) is 0 Å². The fourth-order valence-electron chi connectivity index (χ4n) is 11.0. The van der Waals surface area contributed by atoms with Gasteiger partial charge < -0.3 is 9.64 Å². The van der Waals surface area contributed by atoms with Crippen molar-refractivity contribution in [1.29, 1.82) is 0 Å². The summed E-state index contributed by atoms with van der Waals surface area (Å²) in [6, 6.07) is 92.7. The van der Waals surface area contributed by atoms with Crippen LogP contribution in [0.5, 0.6) is 11.5 Å². The molecular weight excluding hydrogens is 859 g/mol. The highest BCUT2D eigenvalue weighted by molar-refractivity contribution is 5.89. The number of hydrogen-bond donors (Lipinski definition) is 0. The van der Waals surface area contributed by atoms with E-state index < -0.39 is 5.41 Å². The molecule has 346 valence electrons. The van der Waals surface area contributed by atoms with Crippen LogP contribution in [0.1, 0.15) is 67.9 Å². The molecule has 2 unspecified atom stereocenters. The van der Waals surface area contributed by atoms with E-state index in [0.717, 1.165) is 34.1 Å². The average Bonchev–Trinajstić information content (AvgIpc) is 3.72. The second kappa shape index (κ2) is 19.7. The number of rotatable bonds is 14. The molecule has 10 aromatic carbocycles. The Bertz CT molecular complexity index is 3280. The number of ether oxygens (including phenoxy) is 1. The van der Waals surface area contributed by atoms with Crippen LogP contribution in [0.2, 0.25) is 0 Å². The summed E-state index contributed by atoms with van der Waals surface area (Å²) in [5, 5.41) is 0. The highest BCUT2D eigenvalue weighted by Crippen LogP contribution is 2.57. The van der Waals surface area contributed by atoms with Crippen LogP contribution < -0.4 is 9.64 Å².